The van der Waals surface area contributed by atoms with Crippen LogP contribution in [0, 0.1) is 41.0 Å². The summed E-state index contributed by atoms with van der Waals surface area (Å²) in [5.74, 6) is 1.71. The molecule has 0 saturated carbocycles. The van der Waals surface area contributed by atoms with Gasteiger partial charge in [0.1, 0.15) is 17.3 Å². The van der Waals surface area contributed by atoms with Crippen LogP contribution in [0.2, 0.25) is 0 Å². The lowest BCUT2D eigenvalue weighted by Gasteiger charge is -2.05. The van der Waals surface area contributed by atoms with Gasteiger partial charge >= 0.3 is 0 Å². The van der Waals surface area contributed by atoms with Crippen molar-refractivity contribution in [2.24, 2.45) is 10.9 Å². The van der Waals surface area contributed by atoms with E-state index in [4.69, 9.17) is 0 Å². The van der Waals surface area contributed by atoms with Crippen LogP contribution in [0.3, 0.4) is 0 Å². The van der Waals surface area contributed by atoms with Crippen molar-refractivity contribution in [3.63, 3.8) is 0 Å². The lowest BCUT2D eigenvalue weighted by molar-refractivity contribution is 0.499. The Hall–Kier alpha value is -2.48. The first-order chi connectivity index (χ1) is 12.9. The van der Waals surface area contributed by atoms with Crippen molar-refractivity contribution in [3.8, 4) is 11.8 Å². The molecule has 3 rings (SSSR count). The van der Waals surface area contributed by atoms with Crippen molar-refractivity contribution in [1.29, 1.82) is 0 Å². The Morgan fingerprint density at radius 2 is 1.74 bits per heavy atom. The van der Waals surface area contributed by atoms with Crippen molar-refractivity contribution >= 4 is 23.1 Å². The fourth-order valence-corrected chi connectivity index (χ4v) is 3.53. The highest BCUT2D eigenvalue weighted by Crippen LogP contribution is 2.34. The Morgan fingerprint density at radius 1 is 1.04 bits per heavy atom. The average Bonchev–Trinajstić information content (AvgIpc) is 3.01. The third-order valence-electron chi connectivity index (χ3n) is 4.62. The minimum Gasteiger partial charge on any atom is -0.206 e. The maximum absolute atomic E-state index is 14.7. The monoisotopic (exact) mass is 389 g/mol. The maximum atomic E-state index is 14.7. The summed E-state index contributed by atoms with van der Waals surface area (Å²) in [6.45, 7) is 2.05. The topological polar surface area (TPSA) is 12.4 Å². The number of thiocarbonyl (C=S) groups is 1. The molecule has 2 aromatic rings. The van der Waals surface area contributed by atoms with E-state index in [0.29, 0.717) is 29.9 Å². The summed E-state index contributed by atoms with van der Waals surface area (Å²) in [6, 6.07) is 3.18. The number of isothiocyanates is 1. The quantitative estimate of drug-likeness (QED) is 0.276. The van der Waals surface area contributed by atoms with E-state index < -0.39 is 29.0 Å². The van der Waals surface area contributed by atoms with Crippen LogP contribution in [0.1, 0.15) is 42.0 Å². The molecule has 0 heterocycles. The summed E-state index contributed by atoms with van der Waals surface area (Å²) < 4.78 is 56.8. The van der Waals surface area contributed by atoms with Crippen LogP contribution in [0.15, 0.2) is 23.2 Å². The third kappa shape index (κ3) is 3.95. The number of fused-ring (bicyclic) bond motifs is 1. The van der Waals surface area contributed by atoms with Gasteiger partial charge in [-0.15, -0.1) is 0 Å². The van der Waals surface area contributed by atoms with Crippen LogP contribution >= 0.6 is 12.2 Å². The second-order valence-electron chi connectivity index (χ2n) is 6.49. The van der Waals surface area contributed by atoms with Gasteiger partial charge in [-0.1, -0.05) is 31.6 Å². The number of halogens is 4. The maximum Gasteiger partial charge on any atom is 0.153 e. The van der Waals surface area contributed by atoms with Gasteiger partial charge < -0.3 is 0 Å². The first-order valence-electron chi connectivity index (χ1n) is 8.53. The van der Waals surface area contributed by atoms with Gasteiger partial charge in [-0.25, -0.2) is 17.6 Å². The standard InChI is InChI=1S/C21H15F4NS/c1-2-3-12-6-14-10-17(22)15(20(25)16(14)7-12)5-4-13-8-18(23)21(26-11-27)19(24)9-13/h8-10,12H,2-3,6-7H2,1H3. The molecule has 138 valence electrons. The molecule has 1 aliphatic rings. The Balaban J connectivity index is 1.97. The predicted octanol–water partition coefficient (Wildman–Crippen LogP) is 5.89. The van der Waals surface area contributed by atoms with Gasteiger partial charge in [0.2, 0.25) is 0 Å². The number of rotatable bonds is 3. The SMILES string of the molecule is CCCC1Cc2cc(F)c(C#Cc3cc(F)c(N=C=S)c(F)c3)c(F)c2C1. The van der Waals surface area contributed by atoms with E-state index in [1.165, 1.54) is 6.07 Å². The van der Waals surface area contributed by atoms with E-state index in [0.717, 1.165) is 25.0 Å². The molecule has 1 nitrogen and oxygen atoms in total. The van der Waals surface area contributed by atoms with Gasteiger partial charge in [-0.2, -0.15) is 4.99 Å². The summed E-state index contributed by atoms with van der Waals surface area (Å²) in [6.07, 6.45) is 3.14. The molecule has 0 aliphatic heterocycles. The number of benzene rings is 2. The minimum absolute atomic E-state index is 0.0588. The minimum atomic E-state index is -0.978. The predicted molar refractivity (Wildman–Crippen MR) is 99.2 cm³/mol. The van der Waals surface area contributed by atoms with Crippen LogP contribution in [-0.2, 0) is 12.8 Å². The van der Waals surface area contributed by atoms with Crippen molar-refractivity contribution in [1.82, 2.24) is 0 Å². The molecule has 0 radical (unpaired) electrons. The molecule has 0 fully saturated rings. The second kappa shape index (κ2) is 8.04. The molecular formula is C21H15F4NS. The zero-order valence-corrected chi connectivity index (χ0v) is 15.3. The van der Waals surface area contributed by atoms with Crippen LogP contribution in [0.4, 0.5) is 23.2 Å². The summed E-state index contributed by atoms with van der Waals surface area (Å²) >= 11 is 4.33. The molecule has 0 bridgehead atoms. The van der Waals surface area contributed by atoms with Gasteiger partial charge in [-0.3, -0.25) is 0 Å². The summed E-state index contributed by atoms with van der Waals surface area (Å²) in [4.78, 5) is 3.30. The second-order valence-corrected chi connectivity index (χ2v) is 6.67. The molecule has 0 amide bonds. The molecule has 6 heteroatoms. The molecule has 27 heavy (non-hydrogen) atoms. The fourth-order valence-electron chi connectivity index (χ4n) is 3.44. The molecule has 1 aliphatic carbocycles. The first-order valence-corrected chi connectivity index (χ1v) is 8.94. The fraction of sp³-hybridized carbons (Fsp3) is 0.286. The van der Waals surface area contributed by atoms with E-state index >= 15 is 0 Å². The highest BCUT2D eigenvalue weighted by atomic mass is 32.1. The molecule has 1 unspecified atom stereocenters. The zero-order chi connectivity index (χ0) is 19.6. The van der Waals surface area contributed by atoms with Crippen LogP contribution < -0.4 is 0 Å². The highest BCUT2D eigenvalue weighted by molar-refractivity contribution is 7.78. The molecule has 0 saturated heterocycles. The van der Waals surface area contributed by atoms with E-state index in [1.54, 1.807) is 0 Å². The van der Waals surface area contributed by atoms with E-state index in [-0.39, 0.29) is 11.1 Å². The Bertz CT molecular complexity index is 990. The lowest BCUT2D eigenvalue weighted by Crippen LogP contribution is -1.99. The van der Waals surface area contributed by atoms with Crippen molar-refractivity contribution < 1.29 is 17.6 Å². The first kappa shape index (κ1) is 19.3. The van der Waals surface area contributed by atoms with Gasteiger partial charge in [-0.05, 0) is 60.3 Å². The molecule has 1 atom stereocenters. The number of nitrogens with zero attached hydrogens (tertiary/aromatic N) is 1. The normalized spacial score (nSPS) is 14.9. The van der Waals surface area contributed by atoms with E-state index in [1.807, 2.05) is 5.16 Å². The summed E-state index contributed by atoms with van der Waals surface area (Å²) in [7, 11) is 0. The zero-order valence-electron chi connectivity index (χ0n) is 14.5. The third-order valence-corrected chi connectivity index (χ3v) is 4.71. The smallest absolute Gasteiger partial charge is 0.153 e. The van der Waals surface area contributed by atoms with Crippen molar-refractivity contribution in [2.45, 2.75) is 32.6 Å². The van der Waals surface area contributed by atoms with Gasteiger partial charge in [0.25, 0.3) is 0 Å². The molecule has 0 spiro atoms. The number of hydrogen-bond acceptors (Lipinski definition) is 2. The van der Waals surface area contributed by atoms with Gasteiger partial charge in [0.15, 0.2) is 11.6 Å². The van der Waals surface area contributed by atoms with Gasteiger partial charge in [0, 0.05) is 5.56 Å². The largest absolute Gasteiger partial charge is 0.206 e. The van der Waals surface area contributed by atoms with Crippen LogP contribution in [-0.4, -0.2) is 5.16 Å². The number of aliphatic imine (C=N–C) groups is 1. The summed E-state index contributed by atoms with van der Waals surface area (Å²) in [5, 5.41) is 1.89. The molecule has 0 N–H and O–H groups in total. The van der Waals surface area contributed by atoms with E-state index in [2.05, 4.69) is 36.0 Å². The van der Waals surface area contributed by atoms with Crippen molar-refractivity contribution in [2.75, 3.05) is 0 Å². The Labute approximate surface area is 160 Å². The lowest BCUT2D eigenvalue weighted by atomic mass is 10.0. The average molecular weight is 389 g/mol. The molecule has 0 aromatic heterocycles. The Kier molecular flexibility index (Phi) is 5.74. The summed E-state index contributed by atoms with van der Waals surface area (Å²) in [5.41, 5.74) is 0.146. The van der Waals surface area contributed by atoms with Gasteiger partial charge in [0.05, 0.1) is 10.7 Å². The van der Waals surface area contributed by atoms with Crippen LogP contribution in [0.5, 0.6) is 0 Å². The van der Waals surface area contributed by atoms with Crippen LogP contribution in [0.25, 0.3) is 0 Å². The van der Waals surface area contributed by atoms with E-state index in [9.17, 15) is 17.6 Å². The highest BCUT2D eigenvalue weighted by Gasteiger charge is 2.27. The van der Waals surface area contributed by atoms with Crippen molar-refractivity contribution in [3.05, 3.63) is 63.7 Å². The molecule has 2 aromatic carbocycles. The molecular weight excluding hydrogens is 374 g/mol. The number of hydrogen-bond donors (Lipinski definition) is 0. The Morgan fingerprint density at radius 3 is 2.37 bits per heavy atom.